The summed E-state index contributed by atoms with van der Waals surface area (Å²) >= 11 is 0. The van der Waals surface area contributed by atoms with Crippen LogP contribution in [-0.2, 0) is 22.4 Å². The second kappa shape index (κ2) is 11.8. The van der Waals surface area contributed by atoms with E-state index in [1.54, 1.807) is 6.07 Å². The number of ketones is 2. The second-order valence-electron chi connectivity index (χ2n) is 10.6. The lowest BCUT2D eigenvalue weighted by atomic mass is 9.82. The zero-order valence-corrected chi connectivity index (χ0v) is 20.8. The van der Waals surface area contributed by atoms with Crippen LogP contribution in [0.3, 0.4) is 0 Å². The number of carbonyl (C=O) groups excluding carboxylic acids is 2. The van der Waals surface area contributed by atoms with Crippen LogP contribution in [0.1, 0.15) is 81.6 Å². The number of aryl methyl sites for hydroxylation is 2. The fourth-order valence-corrected chi connectivity index (χ4v) is 5.63. The molecule has 0 radical (unpaired) electrons. The third-order valence-corrected chi connectivity index (χ3v) is 7.92. The van der Waals surface area contributed by atoms with Gasteiger partial charge in [0.15, 0.2) is 0 Å². The Labute approximate surface area is 203 Å². The highest BCUT2D eigenvalue weighted by Crippen LogP contribution is 2.35. The minimum Gasteiger partial charge on any atom is -0.475 e. The maximum Gasteiger partial charge on any atom is 0.254 e. The molecule has 2 aliphatic carbocycles. The molecule has 0 amide bonds. The van der Waals surface area contributed by atoms with Gasteiger partial charge in [-0.25, -0.2) is 0 Å². The molecule has 2 aromatic rings. The maximum absolute atomic E-state index is 13.0. The predicted molar refractivity (Wildman–Crippen MR) is 132 cm³/mol. The summed E-state index contributed by atoms with van der Waals surface area (Å²) in [7, 11) is 0. The van der Waals surface area contributed by atoms with Gasteiger partial charge in [0.2, 0.25) is 0 Å². The molecule has 2 aliphatic rings. The zero-order valence-electron chi connectivity index (χ0n) is 20.8. The Balaban J connectivity index is 1.22. The number of aromatic nitrogens is 1. The van der Waals surface area contributed by atoms with E-state index in [4.69, 9.17) is 9.26 Å². The first-order chi connectivity index (χ1) is 16.5. The molecular formula is C29H39NO4. The van der Waals surface area contributed by atoms with Gasteiger partial charge >= 0.3 is 0 Å². The molecule has 34 heavy (non-hydrogen) atoms. The van der Waals surface area contributed by atoms with Crippen LogP contribution in [0.25, 0.3) is 0 Å². The van der Waals surface area contributed by atoms with E-state index in [9.17, 15) is 9.59 Å². The Morgan fingerprint density at radius 3 is 2.44 bits per heavy atom. The van der Waals surface area contributed by atoms with Crippen LogP contribution in [0.4, 0.5) is 0 Å². The molecule has 184 valence electrons. The smallest absolute Gasteiger partial charge is 0.254 e. The van der Waals surface area contributed by atoms with E-state index in [0.29, 0.717) is 24.7 Å². The standard InChI is InChI=1S/C29H39NO4/c1-20-6-10-22(11-7-20)14-15-27(31)25-4-3-5-26(25)28(32)18-24-19-29(30-34-24)33-17-16-23-12-8-21(2)9-13-23/h6-7,10-11,19,21,23,25-26H,3-5,8-9,12-18H2,1-2H3. The topological polar surface area (TPSA) is 69.4 Å². The quantitative estimate of drug-likeness (QED) is 0.389. The highest BCUT2D eigenvalue weighted by atomic mass is 16.5. The van der Waals surface area contributed by atoms with Crippen molar-refractivity contribution in [2.24, 2.45) is 23.7 Å². The van der Waals surface area contributed by atoms with Gasteiger partial charge in [0.05, 0.1) is 13.0 Å². The largest absolute Gasteiger partial charge is 0.475 e. The van der Waals surface area contributed by atoms with E-state index < -0.39 is 0 Å². The SMILES string of the molecule is Cc1ccc(CCC(=O)C2CCCC2C(=O)Cc2cc(OCCC3CCC(C)CC3)no2)cc1. The molecule has 1 heterocycles. The van der Waals surface area contributed by atoms with Gasteiger partial charge in [-0.1, -0.05) is 68.9 Å². The fraction of sp³-hybridized carbons (Fsp3) is 0.621. The van der Waals surface area contributed by atoms with Crippen molar-refractivity contribution in [3.8, 4) is 5.88 Å². The minimum atomic E-state index is -0.200. The number of Topliss-reactive ketones (excluding diaryl/α,β-unsaturated/α-hetero) is 2. The molecule has 1 aromatic carbocycles. The average Bonchev–Trinajstić information content (AvgIpc) is 3.50. The van der Waals surface area contributed by atoms with Gasteiger partial charge in [0, 0.05) is 24.3 Å². The number of hydrogen-bond donors (Lipinski definition) is 0. The highest BCUT2D eigenvalue weighted by molar-refractivity contribution is 5.91. The summed E-state index contributed by atoms with van der Waals surface area (Å²) < 4.78 is 11.2. The third-order valence-electron chi connectivity index (χ3n) is 7.92. The van der Waals surface area contributed by atoms with Crippen LogP contribution in [0.2, 0.25) is 0 Å². The van der Waals surface area contributed by atoms with Crippen LogP contribution < -0.4 is 4.74 Å². The van der Waals surface area contributed by atoms with Crippen LogP contribution in [-0.4, -0.2) is 23.3 Å². The fourth-order valence-electron chi connectivity index (χ4n) is 5.63. The number of rotatable bonds is 11. The van der Waals surface area contributed by atoms with E-state index in [2.05, 4.69) is 43.3 Å². The summed E-state index contributed by atoms with van der Waals surface area (Å²) in [6, 6.07) is 10.1. The number of nitrogens with zero attached hydrogens (tertiary/aromatic N) is 1. The molecular weight excluding hydrogens is 426 g/mol. The van der Waals surface area contributed by atoms with E-state index in [1.165, 1.54) is 36.8 Å². The summed E-state index contributed by atoms with van der Waals surface area (Å²) in [5.74, 6) is 2.54. The van der Waals surface area contributed by atoms with Gasteiger partial charge in [0.25, 0.3) is 5.88 Å². The second-order valence-corrected chi connectivity index (χ2v) is 10.6. The van der Waals surface area contributed by atoms with Crippen molar-refractivity contribution in [1.82, 2.24) is 5.16 Å². The van der Waals surface area contributed by atoms with Gasteiger partial charge in [-0.15, -0.1) is 0 Å². The average molecular weight is 466 g/mol. The van der Waals surface area contributed by atoms with Crippen LogP contribution in [0.5, 0.6) is 5.88 Å². The monoisotopic (exact) mass is 465 g/mol. The summed E-state index contributed by atoms with van der Waals surface area (Å²) in [5.41, 5.74) is 2.39. The van der Waals surface area contributed by atoms with Crippen LogP contribution >= 0.6 is 0 Å². The predicted octanol–water partition coefficient (Wildman–Crippen LogP) is 6.31. The number of benzene rings is 1. The molecule has 2 atom stereocenters. The lowest BCUT2D eigenvalue weighted by Crippen LogP contribution is -2.27. The van der Waals surface area contributed by atoms with Crippen molar-refractivity contribution in [1.29, 1.82) is 0 Å². The highest BCUT2D eigenvalue weighted by Gasteiger charge is 2.37. The van der Waals surface area contributed by atoms with Gasteiger partial charge < -0.3 is 9.26 Å². The van der Waals surface area contributed by atoms with Crippen molar-refractivity contribution in [2.75, 3.05) is 6.61 Å². The Bertz CT molecular complexity index is 939. The molecule has 0 N–H and O–H groups in total. The molecule has 5 nitrogen and oxygen atoms in total. The van der Waals surface area contributed by atoms with Crippen LogP contribution in [0, 0.1) is 30.6 Å². The van der Waals surface area contributed by atoms with E-state index in [-0.39, 0.29) is 29.8 Å². The van der Waals surface area contributed by atoms with Gasteiger partial charge in [-0.05, 0) is 55.2 Å². The van der Waals surface area contributed by atoms with E-state index in [1.807, 2.05) is 0 Å². The summed E-state index contributed by atoms with van der Waals surface area (Å²) in [6.07, 6.45) is 10.2. The zero-order chi connectivity index (χ0) is 23.9. The molecule has 0 aliphatic heterocycles. The summed E-state index contributed by atoms with van der Waals surface area (Å²) in [5, 5.41) is 4.00. The first-order valence-electron chi connectivity index (χ1n) is 13.2. The van der Waals surface area contributed by atoms with E-state index in [0.717, 1.165) is 43.9 Å². The molecule has 2 unspecified atom stereocenters. The van der Waals surface area contributed by atoms with E-state index >= 15 is 0 Å². The first-order valence-corrected chi connectivity index (χ1v) is 13.2. The molecule has 2 fully saturated rings. The Hall–Kier alpha value is -2.43. The first kappa shape index (κ1) is 24.7. The Kier molecular flexibility index (Phi) is 8.58. The summed E-state index contributed by atoms with van der Waals surface area (Å²) in [6.45, 7) is 5.03. The lowest BCUT2D eigenvalue weighted by Gasteiger charge is -2.25. The Morgan fingerprint density at radius 2 is 1.71 bits per heavy atom. The van der Waals surface area contributed by atoms with Crippen molar-refractivity contribution in [3.05, 3.63) is 47.2 Å². The molecule has 0 spiro atoms. The van der Waals surface area contributed by atoms with Crippen molar-refractivity contribution in [3.63, 3.8) is 0 Å². The molecule has 1 aromatic heterocycles. The number of carbonyl (C=O) groups is 2. The van der Waals surface area contributed by atoms with Crippen LogP contribution in [0.15, 0.2) is 34.9 Å². The summed E-state index contributed by atoms with van der Waals surface area (Å²) in [4.78, 5) is 25.9. The number of hydrogen-bond acceptors (Lipinski definition) is 5. The molecule has 0 bridgehead atoms. The van der Waals surface area contributed by atoms with Crippen molar-refractivity contribution >= 4 is 11.6 Å². The normalized spacial score (nSPS) is 24.8. The number of ether oxygens (including phenoxy) is 1. The third kappa shape index (κ3) is 6.80. The lowest BCUT2D eigenvalue weighted by molar-refractivity contribution is -0.131. The maximum atomic E-state index is 13.0. The van der Waals surface area contributed by atoms with Gasteiger partial charge in [-0.2, -0.15) is 0 Å². The van der Waals surface area contributed by atoms with Crippen molar-refractivity contribution < 1.29 is 18.8 Å². The Morgan fingerprint density at radius 1 is 1.00 bits per heavy atom. The van der Waals surface area contributed by atoms with Gasteiger partial charge in [-0.3, -0.25) is 9.59 Å². The van der Waals surface area contributed by atoms with Crippen molar-refractivity contribution in [2.45, 2.75) is 84.5 Å². The molecule has 2 saturated carbocycles. The van der Waals surface area contributed by atoms with Gasteiger partial charge in [0.1, 0.15) is 17.3 Å². The molecule has 5 heteroatoms. The molecule has 4 rings (SSSR count). The minimum absolute atomic E-state index is 0.0882. The molecule has 0 saturated heterocycles.